The van der Waals surface area contributed by atoms with Crippen LogP contribution < -0.4 is 0 Å². The smallest absolute Gasteiger partial charge is 0.253 e. The lowest BCUT2D eigenvalue weighted by Gasteiger charge is -2.32. The highest BCUT2D eigenvalue weighted by atomic mass is 16.2. The van der Waals surface area contributed by atoms with Crippen molar-refractivity contribution < 1.29 is 4.79 Å². The third-order valence-electron chi connectivity index (χ3n) is 5.65. The minimum atomic E-state index is 0.0862. The summed E-state index contributed by atoms with van der Waals surface area (Å²) in [7, 11) is 0. The average Bonchev–Trinajstić information content (AvgIpc) is 3.24. The number of carbonyl (C=O) groups is 1. The summed E-state index contributed by atoms with van der Waals surface area (Å²) >= 11 is 0. The number of hydrogen-bond acceptors (Lipinski definition) is 3. The zero-order valence-corrected chi connectivity index (χ0v) is 16.1. The predicted molar refractivity (Wildman–Crippen MR) is 113 cm³/mol. The molecular formula is C24H22N4O. The van der Waals surface area contributed by atoms with Crippen molar-refractivity contribution >= 4 is 11.6 Å². The predicted octanol–water partition coefficient (Wildman–Crippen LogP) is 4.42. The number of likely N-dealkylation sites (tertiary alicyclic amines) is 1. The van der Waals surface area contributed by atoms with Crippen LogP contribution in [0.5, 0.6) is 0 Å². The summed E-state index contributed by atoms with van der Waals surface area (Å²) < 4.78 is 2.04. The number of nitrogens with zero attached hydrogens (tertiary/aromatic N) is 4. The number of carbonyl (C=O) groups excluding carboxylic acids is 1. The normalized spacial score (nSPS) is 16.8. The lowest BCUT2D eigenvalue weighted by molar-refractivity contribution is 0.0704. The van der Waals surface area contributed by atoms with E-state index in [1.54, 1.807) is 0 Å². The maximum absolute atomic E-state index is 13.1. The molecule has 2 aromatic heterocycles. The maximum atomic E-state index is 13.1. The second-order valence-electron chi connectivity index (χ2n) is 7.52. The van der Waals surface area contributed by atoms with Crippen LogP contribution in [0.4, 0.5) is 0 Å². The summed E-state index contributed by atoms with van der Waals surface area (Å²) in [5.41, 5.74) is 3.86. The van der Waals surface area contributed by atoms with E-state index in [4.69, 9.17) is 0 Å². The summed E-state index contributed by atoms with van der Waals surface area (Å²) in [5, 5.41) is 8.68. The van der Waals surface area contributed by atoms with E-state index in [0.29, 0.717) is 6.54 Å². The van der Waals surface area contributed by atoms with Crippen LogP contribution in [0.15, 0.2) is 79.0 Å². The fourth-order valence-electron chi connectivity index (χ4n) is 4.13. The van der Waals surface area contributed by atoms with Crippen LogP contribution in [-0.2, 0) is 0 Å². The van der Waals surface area contributed by atoms with Crippen LogP contribution in [-0.4, -0.2) is 38.5 Å². The van der Waals surface area contributed by atoms with E-state index in [1.807, 2.05) is 76.2 Å². The molecule has 5 nitrogen and oxygen atoms in total. The Morgan fingerprint density at radius 1 is 0.862 bits per heavy atom. The molecule has 1 fully saturated rings. The highest BCUT2D eigenvalue weighted by Gasteiger charge is 2.28. The Hall–Kier alpha value is -3.47. The first-order valence-corrected chi connectivity index (χ1v) is 10.0. The van der Waals surface area contributed by atoms with Crippen molar-refractivity contribution in [2.75, 3.05) is 13.1 Å². The highest BCUT2D eigenvalue weighted by molar-refractivity contribution is 5.94. The molecule has 3 heterocycles. The van der Waals surface area contributed by atoms with Crippen molar-refractivity contribution in [2.45, 2.75) is 18.8 Å². The largest absolute Gasteiger partial charge is 0.338 e. The molecule has 29 heavy (non-hydrogen) atoms. The Bertz CT molecular complexity index is 1130. The van der Waals surface area contributed by atoms with E-state index in [9.17, 15) is 4.79 Å². The van der Waals surface area contributed by atoms with Crippen LogP contribution in [0.3, 0.4) is 0 Å². The Balaban J connectivity index is 1.35. The van der Waals surface area contributed by atoms with E-state index in [1.165, 1.54) is 0 Å². The zero-order valence-electron chi connectivity index (χ0n) is 16.1. The summed E-state index contributed by atoms with van der Waals surface area (Å²) in [6.07, 6.45) is 3.99. The molecule has 4 aromatic rings. The standard InChI is InChI=1S/C24H22N4O/c29-24(20-13-11-19(12-14-20)18-7-2-1-3-8-18)27-15-6-9-21(17-27)23-26-25-22-10-4-5-16-28(22)23/h1-5,7-8,10-14,16,21H,6,9,15,17H2/t21-/m0/s1. The number of hydrogen-bond donors (Lipinski definition) is 0. The molecule has 5 heteroatoms. The van der Waals surface area contributed by atoms with Crippen LogP contribution in [0.1, 0.15) is 34.9 Å². The Morgan fingerprint density at radius 2 is 1.62 bits per heavy atom. The number of aromatic nitrogens is 3. The number of fused-ring (bicyclic) bond motifs is 1. The van der Waals surface area contributed by atoms with Crippen molar-refractivity contribution in [1.82, 2.24) is 19.5 Å². The summed E-state index contributed by atoms with van der Waals surface area (Å²) in [6.45, 7) is 1.46. The second-order valence-corrected chi connectivity index (χ2v) is 7.52. The number of piperidine rings is 1. The number of amides is 1. The van der Waals surface area contributed by atoms with Crippen LogP contribution in [0.25, 0.3) is 16.8 Å². The zero-order chi connectivity index (χ0) is 19.6. The molecule has 0 aliphatic carbocycles. The summed E-state index contributed by atoms with van der Waals surface area (Å²) in [5.74, 6) is 1.23. The third-order valence-corrected chi connectivity index (χ3v) is 5.65. The van der Waals surface area contributed by atoms with Gasteiger partial charge in [0.05, 0.1) is 0 Å². The summed E-state index contributed by atoms with van der Waals surface area (Å²) in [4.78, 5) is 15.1. The SMILES string of the molecule is O=C(c1ccc(-c2ccccc2)cc1)N1CCC[C@H](c2nnc3ccccn23)C1. The van der Waals surface area contributed by atoms with Gasteiger partial charge in [0.15, 0.2) is 5.65 Å². The quantitative estimate of drug-likeness (QED) is 0.527. The molecule has 0 unspecified atom stereocenters. The molecule has 1 atom stereocenters. The lowest BCUT2D eigenvalue weighted by Crippen LogP contribution is -2.39. The molecule has 0 radical (unpaired) electrons. The molecule has 1 amide bonds. The van der Waals surface area contributed by atoms with E-state index in [2.05, 4.69) is 22.3 Å². The fourth-order valence-corrected chi connectivity index (χ4v) is 4.13. The van der Waals surface area contributed by atoms with Gasteiger partial charge in [0.25, 0.3) is 5.91 Å². The Labute approximate surface area is 169 Å². The minimum Gasteiger partial charge on any atom is -0.338 e. The first-order chi connectivity index (χ1) is 14.3. The van der Waals surface area contributed by atoms with Gasteiger partial charge in [-0.2, -0.15) is 0 Å². The monoisotopic (exact) mass is 382 g/mol. The Morgan fingerprint density at radius 3 is 2.45 bits per heavy atom. The van der Waals surface area contributed by atoms with Crippen molar-refractivity contribution in [3.05, 3.63) is 90.4 Å². The van der Waals surface area contributed by atoms with Gasteiger partial charge in [-0.05, 0) is 48.2 Å². The lowest BCUT2D eigenvalue weighted by atomic mass is 9.96. The van der Waals surface area contributed by atoms with Gasteiger partial charge < -0.3 is 4.90 Å². The van der Waals surface area contributed by atoms with Gasteiger partial charge in [-0.25, -0.2) is 0 Å². The van der Waals surface area contributed by atoms with Crippen molar-refractivity contribution in [3.8, 4) is 11.1 Å². The Kier molecular flexibility index (Phi) is 4.56. The molecule has 1 aliphatic rings. The van der Waals surface area contributed by atoms with E-state index >= 15 is 0 Å². The van der Waals surface area contributed by atoms with Crippen molar-refractivity contribution in [3.63, 3.8) is 0 Å². The second kappa shape index (κ2) is 7.51. The molecule has 2 aromatic carbocycles. The molecule has 144 valence electrons. The molecule has 1 aliphatic heterocycles. The minimum absolute atomic E-state index is 0.0862. The molecule has 0 bridgehead atoms. The van der Waals surface area contributed by atoms with Gasteiger partial charge in [0.1, 0.15) is 5.82 Å². The fraction of sp³-hybridized carbons (Fsp3) is 0.208. The van der Waals surface area contributed by atoms with Gasteiger partial charge in [0.2, 0.25) is 0 Å². The van der Waals surface area contributed by atoms with Crippen LogP contribution in [0.2, 0.25) is 0 Å². The molecule has 0 saturated carbocycles. The maximum Gasteiger partial charge on any atom is 0.253 e. The van der Waals surface area contributed by atoms with Gasteiger partial charge in [0, 0.05) is 30.8 Å². The molecule has 1 saturated heterocycles. The summed E-state index contributed by atoms with van der Waals surface area (Å²) in [6, 6.07) is 24.0. The van der Waals surface area contributed by atoms with Gasteiger partial charge >= 0.3 is 0 Å². The molecule has 0 N–H and O–H groups in total. The topological polar surface area (TPSA) is 50.5 Å². The van der Waals surface area contributed by atoms with Crippen LogP contribution in [0, 0.1) is 0 Å². The van der Waals surface area contributed by atoms with Crippen LogP contribution >= 0.6 is 0 Å². The van der Waals surface area contributed by atoms with Gasteiger partial charge in [-0.1, -0.05) is 48.5 Å². The molecule has 0 spiro atoms. The van der Waals surface area contributed by atoms with Crippen molar-refractivity contribution in [1.29, 1.82) is 0 Å². The van der Waals surface area contributed by atoms with Gasteiger partial charge in [-0.3, -0.25) is 9.20 Å². The van der Waals surface area contributed by atoms with Gasteiger partial charge in [-0.15, -0.1) is 10.2 Å². The molecular weight excluding hydrogens is 360 g/mol. The third kappa shape index (κ3) is 3.40. The first kappa shape index (κ1) is 17.6. The number of benzene rings is 2. The van der Waals surface area contributed by atoms with E-state index < -0.39 is 0 Å². The number of rotatable bonds is 3. The number of pyridine rings is 1. The molecule has 5 rings (SSSR count). The van der Waals surface area contributed by atoms with E-state index in [0.717, 1.165) is 47.5 Å². The van der Waals surface area contributed by atoms with Crippen molar-refractivity contribution in [2.24, 2.45) is 0 Å². The highest BCUT2D eigenvalue weighted by Crippen LogP contribution is 2.27. The first-order valence-electron chi connectivity index (χ1n) is 10.0. The average molecular weight is 382 g/mol. The van der Waals surface area contributed by atoms with E-state index in [-0.39, 0.29) is 11.8 Å².